The van der Waals surface area contributed by atoms with E-state index < -0.39 is 23.9 Å². The summed E-state index contributed by atoms with van der Waals surface area (Å²) < 4.78 is 18.4. The molecule has 0 amide bonds. The molecule has 0 saturated carbocycles. The van der Waals surface area contributed by atoms with Crippen LogP contribution in [-0.4, -0.2) is 41.8 Å². The minimum Gasteiger partial charge on any atom is -0.468 e. The lowest BCUT2D eigenvalue weighted by Crippen LogP contribution is -2.36. The van der Waals surface area contributed by atoms with Crippen molar-refractivity contribution in [1.29, 1.82) is 5.26 Å². The predicted molar refractivity (Wildman–Crippen MR) is 68.0 cm³/mol. The molecule has 1 saturated heterocycles. The van der Waals surface area contributed by atoms with Crippen molar-refractivity contribution < 1.29 is 19.0 Å². The van der Waals surface area contributed by atoms with Crippen LogP contribution in [0.25, 0.3) is 0 Å². The van der Waals surface area contributed by atoms with E-state index in [1.807, 2.05) is 6.07 Å². The second kappa shape index (κ2) is 5.99. The molecule has 0 radical (unpaired) electrons. The summed E-state index contributed by atoms with van der Waals surface area (Å²) >= 11 is 0. The number of methoxy groups -OCH3 is 1. The van der Waals surface area contributed by atoms with E-state index in [2.05, 4.69) is 4.74 Å². The second-order valence-electron chi connectivity index (χ2n) is 4.78. The van der Waals surface area contributed by atoms with E-state index in [0.29, 0.717) is 11.1 Å². The summed E-state index contributed by atoms with van der Waals surface area (Å²) in [6.07, 6.45) is -0.368. The van der Waals surface area contributed by atoms with Crippen LogP contribution in [0.1, 0.15) is 17.5 Å². The molecule has 1 fully saturated rings. The summed E-state index contributed by atoms with van der Waals surface area (Å²) in [5.41, 5.74) is 0.683. The van der Waals surface area contributed by atoms with E-state index in [1.165, 1.54) is 25.3 Å². The van der Waals surface area contributed by atoms with Gasteiger partial charge >= 0.3 is 5.97 Å². The highest BCUT2D eigenvalue weighted by atomic mass is 19.1. The molecular weight excluding hydrogens is 263 g/mol. The number of benzene rings is 1. The number of hydrogen-bond acceptors (Lipinski definition) is 5. The Hall–Kier alpha value is -1.97. The van der Waals surface area contributed by atoms with Gasteiger partial charge in [-0.1, -0.05) is 0 Å². The fourth-order valence-corrected chi connectivity index (χ4v) is 2.42. The molecule has 2 unspecified atom stereocenters. The Morgan fingerprint density at radius 3 is 3.05 bits per heavy atom. The van der Waals surface area contributed by atoms with Crippen molar-refractivity contribution in [2.75, 3.05) is 13.7 Å². The minimum absolute atomic E-state index is 0.151. The smallest absolute Gasteiger partial charge is 0.323 e. The molecular formula is C14H15FN2O3. The summed E-state index contributed by atoms with van der Waals surface area (Å²) in [4.78, 5) is 13.3. The van der Waals surface area contributed by atoms with Gasteiger partial charge in [-0.25, -0.2) is 4.39 Å². The fourth-order valence-electron chi connectivity index (χ4n) is 2.42. The van der Waals surface area contributed by atoms with Gasteiger partial charge in [0.25, 0.3) is 0 Å². The van der Waals surface area contributed by atoms with Crippen LogP contribution in [-0.2, 0) is 16.1 Å². The van der Waals surface area contributed by atoms with Crippen LogP contribution in [0.15, 0.2) is 18.2 Å². The van der Waals surface area contributed by atoms with Gasteiger partial charge < -0.3 is 9.84 Å². The lowest BCUT2D eigenvalue weighted by Gasteiger charge is -2.22. The summed E-state index contributed by atoms with van der Waals surface area (Å²) in [6, 6.07) is 5.44. The molecule has 0 bridgehead atoms. The van der Waals surface area contributed by atoms with E-state index in [0.717, 1.165) is 0 Å². The number of ether oxygens (including phenoxy) is 1. The van der Waals surface area contributed by atoms with Crippen molar-refractivity contribution in [3.63, 3.8) is 0 Å². The molecule has 1 aliphatic rings. The normalized spacial score (nSPS) is 22.5. The van der Waals surface area contributed by atoms with E-state index in [-0.39, 0.29) is 19.5 Å². The number of likely N-dealkylation sites (tertiary alicyclic amines) is 1. The highest BCUT2D eigenvalue weighted by Gasteiger charge is 2.36. The lowest BCUT2D eigenvalue weighted by atomic mass is 10.1. The Morgan fingerprint density at radius 2 is 2.40 bits per heavy atom. The monoisotopic (exact) mass is 278 g/mol. The molecule has 2 rings (SSSR count). The Morgan fingerprint density at radius 1 is 1.65 bits per heavy atom. The molecule has 0 aliphatic carbocycles. The third-order valence-corrected chi connectivity index (χ3v) is 3.40. The topological polar surface area (TPSA) is 73.6 Å². The maximum Gasteiger partial charge on any atom is 0.323 e. The first-order chi connectivity index (χ1) is 9.55. The van der Waals surface area contributed by atoms with Gasteiger partial charge in [0, 0.05) is 25.1 Å². The zero-order valence-electron chi connectivity index (χ0n) is 11.0. The molecule has 20 heavy (non-hydrogen) atoms. The molecule has 1 heterocycles. The van der Waals surface area contributed by atoms with Crippen LogP contribution in [0.3, 0.4) is 0 Å². The Kier molecular flexibility index (Phi) is 4.32. The summed E-state index contributed by atoms with van der Waals surface area (Å²) in [7, 11) is 1.28. The second-order valence-corrected chi connectivity index (χ2v) is 4.78. The molecule has 1 aliphatic heterocycles. The Bertz CT molecular complexity index is 556. The van der Waals surface area contributed by atoms with Gasteiger partial charge in [-0.15, -0.1) is 0 Å². The molecule has 6 heteroatoms. The average molecular weight is 278 g/mol. The van der Waals surface area contributed by atoms with Gasteiger partial charge in [-0.3, -0.25) is 9.69 Å². The third kappa shape index (κ3) is 2.95. The summed E-state index contributed by atoms with van der Waals surface area (Å²) in [6.45, 7) is 0.425. The molecule has 1 aromatic carbocycles. The van der Waals surface area contributed by atoms with Gasteiger partial charge in [-0.05, 0) is 18.2 Å². The fraction of sp³-hybridized carbons (Fsp3) is 0.429. The minimum atomic E-state index is -0.638. The molecule has 2 atom stereocenters. The Balaban J connectivity index is 2.20. The van der Waals surface area contributed by atoms with E-state index >= 15 is 0 Å². The molecule has 106 valence electrons. The number of hydrogen-bond donors (Lipinski definition) is 1. The maximum absolute atomic E-state index is 13.8. The van der Waals surface area contributed by atoms with Crippen molar-refractivity contribution in [3.8, 4) is 6.07 Å². The van der Waals surface area contributed by atoms with Crippen molar-refractivity contribution in [2.45, 2.75) is 25.1 Å². The molecule has 5 nitrogen and oxygen atoms in total. The zero-order valence-corrected chi connectivity index (χ0v) is 11.0. The van der Waals surface area contributed by atoms with Gasteiger partial charge in [-0.2, -0.15) is 5.26 Å². The van der Waals surface area contributed by atoms with Crippen molar-refractivity contribution in [1.82, 2.24) is 4.90 Å². The number of carbonyl (C=O) groups is 1. The number of β-amino-alcohol motifs (C(OH)–C–C–N with tert-alkyl or cyclic N) is 1. The van der Waals surface area contributed by atoms with Crippen LogP contribution in [0.4, 0.5) is 4.39 Å². The first-order valence-corrected chi connectivity index (χ1v) is 6.23. The van der Waals surface area contributed by atoms with Crippen molar-refractivity contribution in [2.24, 2.45) is 0 Å². The number of halogens is 1. The van der Waals surface area contributed by atoms with Gasteiger partial charge in [0.15, 0.2) is 0 Å². The SMILES string of the molecule is COC(=O)C1CC(O)CN1Cc1cc(C#N)ccc1F. The van der Waals surface area contributed by atoms with Crippen LogP contribution < -0.4 is 0 Å². The lowest BCUT2D eigenvalue weighted by molar-refractivity contribution is -0.146. The van der Waals surface area contributed by atoms with Gasteiger partial charge in [0.2, 0.25) is 0 Å². The van der Waals surface area contributed by atoms with Crippen LogP contribution >= 0.6 is 0 Å². The van der Waals surface area contributed by atoms with E-state index in [9.17, 15) is 14.3 Å². The number of nitrogens with zero attached hydrogens (tertiary/aromatic N) is 2. The molecule has 1 aromatic rings. The first-order valence-electron chi connectivity index (χ1n) is 6.23. The van der Waals surface area contributed by atoms with Crippen molar-refractivity contribution in [3.05, 3.63) is 35.1 Å². The summed E-state index contributed by atoms with van der Waals surface area (Å²) in [5, 5.41) is 18.5. The number of rotatable bonds is 3. The number of aliphatic hydroxyl groups excluding tert-OH is 1. The largest absolute Gasteiger partial charge is 0.468 e. The average Bonchev–Trinajstić information content (AvgIpc) is 2.81. The molecule has 0 spiro atoms. The Labute approximate surface area is 116 Å². The summed E-state index contributed by atoms with van der Waals surface area (Å²) in [5.74, 6) is -0.882. The van der Waals surface area contributed by atoms with E-state index in [1.54, 1.807) is 4.90 Å². The standard InChI is InChI=1S/C14H15FN2O3/c1-20-14(19)13-5-11(18)8-17(13)7-10-4-9(6-16)2-3-12(10)15/h2-4,11,13,18H,5,7-8H2,1H3. The highest BCUT2D eigenvalue weighted by molar-refractivity contribution is 5.76. The molecule has 1 N–H and O–H groups in total. The van der Waals surface area contributed by atoms with Crippen LogP contribution in [0.5, 0.6) is 0 Å². The number of carbonyl (C=O) groups excluding carboxylic acids is 1. The number of esters is 1. The van der Waals surface area contributed by atoms with Gasteiger partial charge in [0.05, 0.1) is 24.8 Å². The quantitative estimate of drug-likeness (QED) is 0.828. The third-order valence-electron chi connectivity index (χ3n) is 3.40. The first kappa shape index (κ1) is 14.4. The van der Waals surface area contributed by atoms with Crippen molar-refractivity contribution >= 4 is 5.97 Å². The maximum atomic E-state index is 13.8. The zero-order chi connectivity index (χ0) is 14.7. The van der Waals surface area contributed by atoms with E-state index in [4.69, 9.17) is 5.26 Å². The predicted octanol–water partition coefficient (Wildman–Crippen LogP) is 0.806. The van der Waals surface area contributed by atoms with Gasteiger partial charge in [0.1, 0.15) is 11.9 Å². The number of nitriles is 1. The number of aliphatic hydroxyl groups is 1. The van der Waals surface area contributed by atoms with Crippen LogP contribution in [0, 0.1) is 17.1 Å². The van der Waals surface area contributed by atoms with Crippen LogP contribution in [0.2, 0.25) is 0 Å². The molecule has 0 aromatic heterocycles. The highest BCUT2D eigenvalue weighted by Crippen LogP contribution is 2.23.